The van der Waals surface area contributed by atoms with Crippen molar-refractivity contribution in [2.75, 3.05) is 13.1 Å². The van der Waals surface area contributed by atoms with Gasteiger partial charge in [0.15, 0.2) is 0 Å². The highest BCUT2D eigenvalue weighted by molar-refractivity contribution is 7.89. The monoisotopic (exact) mass is 724 g/mol. The number of aryl methyl sites for hydroxylation is 3. The minimum absolute atomic E-state index is 0.0402. The maximum atomic E-state index is 12.9. The smallest absolute Gasteiger partial charge is 0.322 e. The molecule has 0 radical (unpaired) electrons. The summed E-state index contributed by atoms with van der Waals surface area (Å²) in [6.07, 6.45) is -2.41. The summed E-state index contributed by atoms with van der Waals surface area (Å²) in [6.45, 7) is 4.87. The van der Waals surface area contributed by atoms with E-state index in [4.69, 9.17) is 9.29 Å². The minimum atomic E-state index is -4.16. The van der Waals surface area contributed by atoms with Crippen molar-refractivity contribution in [1.29, 1.82) is 0 Å². The van der Waals surface area contributed by atoms with Crippen LogP contribution in [-0.2, 0) is 43.9 Å². The van der Waals surface area contributed by atoms with Crippen molar-refractivity contribution in [1.82, 2.24) is 8.61 Å². The van der Waals surface area contributed by atoms with Gasteiger partial charge in [0.1, 0.15) is 12.1 Å². The van der Waals surface area contributed by atoms with E-state index in [1.54, 1.807) is 50.2 Å². The number of hydrogen-bond donors (Lipinski definition) is 3. The Hall–Kier alpha value is -3.71. The summed E-state index contributed by atoms with van der Waals surface area (Å²) in [5.74, 6) is -2.60. The van der Waals surface area contributed by atoms with Crippen molar-refractivity contribution in [2.24, 2.45) is 0 Å². The van der Waals surface area contributed by atoms with Crippen molar-refractivity contribution < 1.29 is 54.3 Å². The zero-order valence-electron chi connectivity index (χ0n) is 26.2. The maximum Gasteiger partial charge on any atom is 0.322 e. The normalized spacial score (nSPS) is 22.2. The molecule has 0 bridgehead atoms. The van der Waals surface area contributed by atoms with Gasteiger partial charge in [-0.2, -0.15) is 17.0 Å². The molecular formula is C31H36N2O12S3. The molecule has 0 saturated carbocycles. The number of carboxylic acid groups (broad SMARTS) is 2. The number of carboxylic acids is 2. The van der Waals surface area contributed by atoms with Crippen molar-refractivity contribution in [2.45, 2.75) is 72.6 Å². The molecule has 2 saturated heterocycles. The van der Waals surface area contributed by atoms with Gasteiger partial charge in [0.2, 0.25) is 20.0 Å². The fourth-order valence-corrected chi connectivity index (χ4v) is 9.57. The van der Waals surface area contributed by atoms with Crippen LogP contribution in [0.4, 0.5) is 0 Å². The van der Waals surface area contributed by atoms with Crippen LogP contribution in [0.15, 0.2) is 87.5 Å². The van der Waals surface area contributed by atoms with Gasteiger partial charge in [-0.25, -0.2) is 16.8 Å². The summed E-state index contributed by atoms with van der Waals surface area (Å²) in [4.78, 5) is 22.6. The molecule has 0 aromatic heterocycles. The molecule has 4 unspecified atom stereocenters. The minimum Gasteiger partial charge on any atom is -0.480 e. The van der Waals surface area contributed by atoms with Gasteiger partial charge in [-0.15, -0.1) is 0 Å². The van der Waals surface area contributed by atoms with Crippen molar-refractivity contribution in [3.05, 3.63) is 89.5 Å². The second-order valence-electron chi connectivity index (χ2n) is 11.6. The van der Waals surface area contributed by atoms with E-state index >= 15 is 0 Å². The number of β-amino-alcohol motifs (C(OH)–C–C–N with tert-alkyl or cyclic N) is 1. The lowest BCUT2D eigenvalue weighted by Crippen LogP contribution is -2.40. The molecule has 48 heavy (non-hydrogen) atoms. The van der Waals surface area contributed by atoms with Crippen LogP contribution in [0.3, 0.4) is 0 Å². The lowest BCUT2D eigenvalue weighted by molar-refractivity contribution is -0.141. The Morgan fingerprint density at radius 3 is 1.35 bits per heavy atom. The topological polar surface area (TPSA) is 213 Å². The fraction of sp³-hybridized carbons (Fsp3) is 0.355. The Morgan fingerprint density at radius 1 is 0.604 bits per heavy atom. The van der Waals surface area contributed by atoms with Crippen molar-refractivity contribution >= 4 is 42.1 Å². The third-order valence-electron chi connectivity index (χ3n) is 7.85. The van der Waals surface area contributed by atoms with E-state index in [0.717, 1.165) is 25.3 Å². The largest absolute Gasteiger partial charge is 0.480 e. The second kappa shape index (κ2) is 14.4. The molecule has 3 aromatic rings. The van der Waals surface area contributed by atoms with E-state index in [1.807, 2.05) is 6.92 Å². The number of hydrogen-bond acceptors (Lipinski definition) is 10. The molecule has 4 atom stereocenters. The average molecular weight is 725 g/mol. The van der Waals surface area contributed by atoms with E-state index in [-0.39, 0.29) is 40.6 Å². The predicted octanol–water partition coefficient (Wildman–Crippen LogP) is 2.13. The quantitative estimate of drug-likeness (QED) is 0.271. The van der Waals surface area contributed by atoms with Gasteiger partial charge < -0.3 is 15.3 Å². The first kappa shape index (κ1) is 37.1. The Balaban J connectivity index is 0.000000237. The molecule has 3 N–H and O–H groups in total. The zero-order valence-corrected chi connectivity index (χ0v) is 28.7. The van der Waals surface area contributed by atoms with Gasteiger partial charge in [0.25, 0.3) is 10.1 Å². The molecule has 0 amide bonds. The van der Waals surface area contributed by atoms with Crippen LogP contribution in [0.1, 0.15) is 29.5 Å². The summed E-state index contributed by atoms with van der Waals surface area (Å²) < 4.78 is 82.4. The van der Waals surface area contributed by atoms with Crippen LogP contribution in [0.2, 0.25) is 0 Å². The van der Waals surface area contributed by atoms with Crippen LogP contribution < -0.4 is 0 Å². The summed E-state index contributed by atoms with van der Waals surface area (Å²) >= 11 is 0. The van der Waals surface area contributed by atoms with E-state index in [0.29, 0.717) is 0 Å². The molecule has 14 nitrogen and oxygen atoms in total. The molecule has 0 aliphatic carbocycles. The fourth-order valence-electron chi connectivity index (χ4n) is 5.23. The maximum absolute atomic E-state index is 12.9. The zero-order chi connectivity index (χ0) is 35.6. The van der Waals surface area contributed by atoms with Gasteiger partial charge in [-0.05, 0) is 57.2 Å². The number of carbonyl (C=O) groups is 2. The third kappa shape index (κ3) is 8.28. The number of nitrogens with zero attached hydrogens (tertiary/aromatic N) is 2. The van der Waals surface area contributed by atoms with Crippen molar-refractivity contribution in [3.63, 3.8) is 0 Å². The first-order chi connectivity index (χ1) is 22.3. The van der Waals surface area contributed by atoms with Gasteiger partial charge in [-0.1, -0.05) is 53.1 Å². The molecule has 2 fully saturated rings. The van der Waals surface area contributed by atoms with Crippen LogP contribution in [-0.4, -0.2) is 98.5 Å². The second-order valence-corrected chi connectivity index (χ2v) is 16.9. The van der Waals surface area contributed by atoms with Crippen molar-refractivity contribution in [3.8, 4) is 0 Å². The Kier molecular flexibility index (Phi) is 11.1. The summed E-state index contributed by atoms with van der Waals surface area (Å²) in [6, 6.07) is 15.5. The van der Waals surface area contributed by atoms with E-state index < -0.39 is 66.4 Å². The molecule has 0 spiro atoms. The molecular weight excluding hydrogens is 689 g/mol. The number of rotatable bonds is 9. The highest BCUT2D eigenvalue weighted by atomic mass is 32.2. The average Bonchev–Trinajstić information content (AvgIpc) is 3.63. The number of aliphatic hydroxyl groups excluding tert-OH is 1. The van der Waals surface area contributed by atoms with Gasteiger partial charge in [0, 0.05) is 25.9 Å². The van der Waals surface area contributed by atoms with E-state index in [2.05, 4.69) is 0 Å². The molecule has 17 heteroatoms. The molecule has 2 heterocycles. The van der Waals surface area contributed by atoms with Gasteiger partial charge >= 0.3 is 11.9 Å². The molecule has 260 valence electrons. The predicted molar refractivity (Wildman–Crippen MR) is 171 cm³/mol. The highest BCUT2D eigenvalue weighted by Crippen LogP contribution is 2.30. The van der Waals surface area contributed by atoms with Crippen LogP contribution in [0.5, 0.6) is 0 Å². The van der Waals surface area contributed by atoms with E-state index in [1.165, 1.54) is 36.4 Å². The number of aliphatic hydroxyl groups is 1. The summed E-state index contributed by atoms with van der Waals surface area (Å²) in [5.41, 5.74) is 2.63. The van der Waals surface area contributed by atoms with Crippen LogP contribution in [0, 0.1) is 20.8 Å². The summed E-state index contributed by atoms with van der Waals surface area (Å²) in [7, 11) is -12.2. The molecule has 2 aliphatic rings. The first-order valence-electron chi connectivity index (χ1n) is 14.6. The number of aliphatic carboxylic acids is 2. The standard InChI is InChI=1S/C19H21NO7S2.C12H15NO5S/c1-13-3-7-16(8-4-13)28(23,24)20-12-15(11-18(20)19(21)22)27-29(25,26)17-9-5-14(2)6-10-17;1-8-2-4-10(5-3-8)19(17,18)13-7-9(14)6-11(13)12(15)16/h3-10,15,18H,11-12H2,1-2H3,(H,21,22);2-5,9,11,14H,6-7H2,1H3,(H,15,16). The Labute approximate surface area is 279 Å². The molecule has 5 rings (SSSR count). The molecule has 2 aliphatic heterocycles. The summed E-state index contributed by atoms with van der Waals surface area (Å²) in [5, 5.41) is 28.0. The van der Waals surface area contributed by atoms with Crippen LogP contribution in [0.25, 0.3) is 0 Å². The highest BCUT2D eigenvalue weighted by Gasteiger charge is 2.46. The first-order valence-corrected chi connectivity index (χ1v) is 18.9. The lowest BCUT2D eigenvalue weighted by atomic mass is 10.2. The Bertz CT molecular complexity index is 1970. The Morgan fingerprint density at radius 2 is 0.958 bits per heavy atom. The van der Waals surface area contributed by atoms with E-state index in [9.17, 15) is 45.1 Å². The van der Waals surface area contributed by atoms with Gasteiger partial charge in [-0.3, -0.25) is 13.8 Å². The SMILES string of the molecule is Cc1ccc(S(=O)(=O)N2CC(O)CC2C(=O)O)cc1.Cc1ccc(S(=O)(=O)OC2CC(C(=O)O)N(S(=O)(=O)c3ccc(C)cc3)C2)cc1. The third-order valence-corrected chi connectivity index (χ3v) is 13.0. The molecule has 3 aromatic carbocycles. The number of sulfonamides is 2. The number of benzene rings is 3. The van der Waals surface area contributed by atoms with Gasteiger partial charge in [0.05, 0.1) is 26.9 Å². The lowest BCUT2D eigenvalue weighted by Gasteiger charge is -2.20. The van der Waals surface area contributed by atoms with Crippen LogP contribution >= 0.6 is 0 Å².